The molecule has 0 unspecified atom stereocenters. The second-order valence-corrected chi connectivity index (χ2v) is 8.55. The maximum absolute atomic E-state index is 13.2. The maximum Gasteiger partial charge on any atom is 0.416 e. The van der Waals surface area contributed by atoms with Gasteiger partial charge in [-0.1, -0.05) is 43.2 Å². The van der Waals surface area contributed by atoms with Crippen LogP contribution in [0.2, 0.25) is 0 Å². The SMILES string of the molecule is O=C(C[C@@H](C1CCCC1)n1cc(Br)cn1)N1C(=O)OC[C@H]1Cc1ccccc1. The average Bonchev–Trinajstić information content (AvgIpc) is 3.43. The Hall–Kier alpha value is -2.15. The van der Waals surface area contributed by atoms with Crippen LogP contribution in [0.1, 0.15) is 43.7 Å². The number of hydrogen-bond acceptors (Lipinski definition) is 4. The average molecular weight is 446 g/mol. The predicted molar refractivity (Wildman–Crippen MR) is 108 cm³/mol. The third-order valence-electron chi connectivity index (χ3n) is 5.78. The fourth-order valence-corrected chi connectivity index (χ4v) is 4.70. The highest BCUT2D eigenvalue weighted by Crippen LogP contribution is 2.37. The van der Waals surface area contributed by atoms with E-state index < -0.39 is 6.09 Å². The van der Waals surface area contributed by atoms with Crippen molar-refractivity contribution in [3.05, 3.63) is 52.8 Å². The predicted octanol–water partition coefficient (Wildman–Crippen LogP) is 4.36. The maximum atomic E-state index is 13.2. The molecule has 1 saturated carbocycles. The van der Waals surface area contributed by atoms with Crippen molar-refractivity contribution < 1.29 is 14.3 Å². The Morgan fingerprint density at radius 2 is 2.00 bits per heavy atom. The van der Waals surface area contributed by atoms with E-state index in [1.807, 2.05) is 41.2 Å². The van der Waals surface area contributed by atoms with Crippen molar-refractivity contribution in [2.75, 3.05) is 6.61 Å². The van der Waals surface area contributed by atoms with Crippen LogP contribution in [0, 0.1) is 5.92 Å². The van der Waals surface area contributed by atoms with E-state index >= 15 is 0 Å². The smallest absolute Gasteiger partial charge is 0.416 e. The number of aromatic nitrogens is 2. The van der Waals surface area contributed by atoms with Crippen molar-refractivity contribution in [1.82, 2.24) is 14.7 Å². The van der Waals surface area contributed by atoms with Gasteiger partial charge in [0.1, 0.15) is 6.61 Å². The topological polar surface area (TPSA) is 64.4 Å². The molecule has 1 aliphatic carbocycles. The molecular weight excluding hydrogens is 422 g/mol. The van der Waals surface area contributed by atoms with Gasteiger partial charge in [0.05, 0.1) is 29.2 Å². The van der Waals surface area contributed by atoms with E-state index in [9.17, 15) is 9.59 Å². The fourth-order valence-electron chi connectivity index (χ4n) is 4.39. The molecule has 1 saturated heterocycles. The van der Waals surface area contributed by atoms with Gasteiger partial charge in [-0.2, -0.15) is 5.10 Å². The summed E-state index contributed by atoms with van der Waals surface area (Å²) in [7, 11) is 0. The van der Waals surface area contributed by atoms with Crippen LogP contribution >= 0.6 is 15.9 Å². The van der Waals surface area contributed by atoms with Crippen molar-refractivity contribution in [3.8, 4) is 0 Å². The normalized spacial score (nSPS) is 21.1. The Balaban J connectivity index is 1.51. The van der Waals surface area contributed by atoms with Crippen LogP contribution in [-0.4, -0.2) is 39.3 Å². The molecule has 6 nitrogen and oxygen atoms in total. The zero-order valence-electron chi connectivity index (χ0n) is 15.7. The van der Waals surface area contributed by atoms with E-state index in [1.165, 1.54) is 17.7 Å². The summed E-state index contributed by atoms with van der Waals surface area (Å²) in [5.74, 6) is 0.230. The number of halogens is 1. The molecule has 0 bridgehead atoms. The van der Waals surface area contributed by atoms with E-state index in [2.05, 4.69) is 21.0 Å². The van der Waals surface area contributed by atoms with E-state index in [4.69, 9.17) is 4.74 Å². The van der Waals surface area contributed by atoms with Gasteiger partial charge in [0.15, 0.2) is 0 Å². The van der Waals surface area contributed by atoms with Gasteiger partial charge in [0, 0.05) is 6.20 Å². The van der Waals surface area contributed by atoms with Crippen molar-refractivity contribution in [1.29, 1.82) is 0 Å². The van der Waals surface area contributed by atoms with Crippen LogP contribution in [-0.2, 0) is 16.0 Å². The lowest BCUT2D eigenvalue weighted by Gasteiger charge is -2.26. The Labute approximate surface area is 173 Å². The molecule has 28 heavy (non-hydrogen) atoms. The van der Waals surface area contributed by atoms with Crippen LogP contribution in [0.15, 0.2) is 47.2 Å². The largest absolute Gasteiger partial charge is 0.447 e. The number of carbonyl (C=O) groups excluding carboxylic acids is 2. The number of amides is 2. The lowest BCUT2D eigenvalue weighted by atomic mass is 9.94. The molecule has 2 heterocycles. The minimum absolute atomic E-state index is 0.0351. The van der Waals surface area contributed by atoms with Crippen LogP contribution in [0.4, 0.5) is 4.79 Å². The molecule has 4 rings (SSSR count). The molecule has 2 aliphatic rings. The van der Waals surface area contributed by atoms with Gasteiger partial charge < -0.3 is 4.74 Å². The summed E-state index contributed by atoms with van der Waals surface area (Å²) >= 11 is 3.44. The van der Waals surface area contributed by atoms with Crippen molar-refractivity contribution in [2.24, 2.45) is 5.92 Å². The Bertz CT molecular complexity index is 832. The molecule has 2 atom stereocenters. The Kier molecular flexibility index (Phi) is 5.80. The molecule has 1 aliphatic heterocycles. The lowest BCUT2D eigenvalue weighted by molar-refractivity contribution is -0.130. The number of cyclic esters (lactones) is 1. The standard InChI is InChI=1S/C21H24BrN3O3/c22-17-12-23-24(13-17)19(16-8-4-5-9-16)11-20(26)25-18(14-28-21(25)27)10-15-6-2-1-3-7-15/h1-3,6-7,12-13,16,18-19H,4-5,8-11,14H2/t18-,19+/m1/s1. The first kappa shape index (κ1) is 19.2. The van der Waals surface area contributed by atoms with Crippen molar-refractivity contribution in [3.63, 3.8) is 0 Å². The van der Waals surface area contributed by atoms with Gasteiger partial charge in [0.2, 0.25) is 5.91 Å². The molecule has 2 fully saturated rings. The van der Waals surface area contributed by atoms with Crippen molar-refractivity contribution >= 4 is 27.9 Å². The van der Waals surface area contributed by atoms with E-state index in [0.717, 1.165) is 22.9 Å². The summed E-state index contributed by atoms with van der Waals surface area (Å²) in [6.07, 6.45) is 8.55. The number of carbonyl (C=O) groups is 2. The first-order chi connectivity index (χ1) is 13.6. The fraction of sp³-hybridized carbons (Fsp3) is 0.476. The van der Waals surface area contributed by atoms with Crippen LogP contribution in [0.5, 0.6) is 0 Å². The summed E-state index contributed by atoms with van der Waals surface area (Å²) in [6.45, 7) is 0.251. The minimum atomic E-state index is -0.530. The zero-order chi connectivity index (χ0) is 19.5. The monoisotopic (exact) mass is 445 g/mol. The number of ether oxygens (including phenoxy) is 1. The third kappa shape index (κ3) is 4.14. The molecule has 0 radical (unpaired) electrons. The first-order valence-corrected chi connectivity index (χ1v) is 10.6. The number of hydrogen-bond donors (Lipinski definition) is 0. The first-order valence-electron chi connectivity index (χ1n) is 9.84. The summed E-state index contributed by atoms with van der Waals surface area (Å²) in [6, 6.07) is 9.61. The zero-order valence-corrected chi connectivity index (χ0v) is 17.3. The third-order valence-corrected chi connectivity index (χ3v) is 6.19. The van der Waals surface area contributed by atoms with E-state index in [-0.39, 0.29) is 31.0 Å². The molecule has 7 heteroatoms. The number of benzene rings is 1. The molecule has 1 aromatic heterocycles. The molecule has 148 valence electrons. The minimum Gasteiger partial charge on any atom is -0.447 e. The van der Waals surface area contributed by atoms with Gasteiger partial charge in [-0.15, -0.1) is 0 Å². The van der Waals surface area contributed by atoms with E-state index in [0.29, 0.717) is 12.3 Å². The second-order valence-electron chi connectivity index (χ2n) is 7.64. The van der Waals surface area contributed by atoms with Gasteiger partial charge in [-0.25, -0.2) is 9.69 Å². The Morgan fingerprint density at radius 3 is 2.68 bits per heavy atom. The Morgan fingerprint density at radius 1 is 1.25 bits per heavy atom. The highest BCUT2D eigenvalue weighted by molar-refractivity contribution is 9.10. The van der Waals surface area contributed by atoms with Gasteiger partial charge in [-0.3, -0.25) is 9.48 Å². The highest BCUT2D eigenvalue weighted by atomic mass is 79.9. The summed E-state index contributed by atoms with van der Waals surface area (Å²) < 4.78 is 8.00. The van der Waals surface area contributed by atoms with Crippen molar-refractivity contribution in [2.45, 2.75) is 50.6 Å². The van der Waals surface area contributed by atoms with Crippen LogP contribution in [0.3, 0.4) is 0 Å². The highest BCUT2D eigenvalue weighted by Gasteiger charge is 2.40. The molecule has 2 amide bonds. The molecular formula is C21H24BrN3O3. The number of rotatable bonds is 6. The summed E-state index contributed by atoms with van der Waals surface area (Å²) in [5.41, 5.74) is 1.09. The quantitative estimate of drug-likeness (QED) is 0.662. The molecule has 0 spiro atoms. The molecule has 1 aromatic carbocycles. The van der Waals surface area contributed by atoms with Gasteiger partial charge in [-0.05, 0) is 46.7 Å². The number of nitrogens with zero attached hydrogens (tertiary/aromatic N) is 3. The summed E-state index contributed by atoms with van der Waals surface area (Å²) in [4.78, 5) is 26.8. The number of imide groups is 1. The molecule has 2 aromatic rings. The van der Waals surface area contributed by atoms with Crippen LogP contribution < -0.4 is 0 Å². The molecule has 0 N–H and O–H groups in total. The lowest BCUT2D eigenvalue weighted by Crippen LogP contribution is -2.41. The summed E-state index contributed by atoms with van der Waals surface area (Å²) in [5, 5.41) is 4.43. The van der Waals surface area contributed by atoms with E-state index in [1.54, 1.807) is 6.20 Å². The van der Waals surface area contributed by atoms with Crippen LogP contribution in [0.25, 0.3) is 0 Å². The van der Waals surface area contributed by atoms with Gasteiger partial charge >= 0.3 is 6.09 Å². The van der Waals surface area contributed by atoms with Gasteiger partial charge in [0.25, 0.3) is 0 Å². The second kappa shape index (κ2) is 8.47.